The van der Waals surface area contributed by atoms with E-state index in [2.05, 4.69) is 10.6 Å². The molecule has 1 atom stereocenters. The smallest absolute Gasteiger partial charge is 0.341 e. The number of carbonyl (C=O) groups is 5. The molecule has 1 aromatic heterocycles. The molecule has 1 aliphatic heterocycles. The molecule has 0 aliphatic carbocycles. The highest BCUT2D eigenvalue weighted by Gasteiger charge is 2.31. The molecule has 46 heavy (non-hydrogen) atoms. The van der Waals surface area contributed by atoms with Crippen LogP contribution < -0.4 is 10.6 Å². The van der Waals surface area contributed by atoms with E-state index in [9.17, 15) is 29.1 Å². The molecular weight excluding hydrogens is 627 g/mol. The zero-order valence-corrected chi connectivity index (χ0v) is 27.2. The molecule has 5 rings (SSSR count). The van der Waals surface area contributed by atoms with Crippen LogP contribution >= 0.6 is 23.1 Å². The lowest BCUT2D eigenvalue weighted by Gasteiger charge is -2.25. The predicted octanol–water partition coefficient (Wildman–Crippen LogP) is 6.44. The number of anilines is 2. The van der Waals surface area contributed by atoms with Crippen molar-refractivity contribution >= 4 is 74.2 Å². The Hall–Kier alpha value is -4.68. The van der Waals surface area contributed by atoms with E-state index in [4.69, 9.17) is 4.74 Å². The molecule has 4 aromatic rings. The van der Waals surface area contributed by atoms with Crippen LogP contribution in [-0.4, -0.2) is 58.1 Å². The molecule has 0 saturated heterocycles. The summed E-state index contributed by atoms with van der Waals surface area (Å²) in [6, 6.07) is 17.0. The van der Waals surface area contributed by atoms with Gasteiger partial charge in [-0.1, -0.05) is 37.3 Å². The van der Waals surface area contributed by atoms with Crippen molar-refractivity contribution in [3.8, 4) is 0 Å². The number of carboxylic acid groups (broad SMARTS) is 1. The Balaban J connectivity index is 1.34. The van der Waals surface area contributed by atoms with E-state index in [1.165, 1.54) is 36.1 Å². The molecule has 3 N–H and O–H groups in total. The number of esters is 1. The Labute approximate surface area is 274 Å². The van der Waals surface area contributed by atoms with Gasteiger partial charge in [-0.2, -0.15) is 0 Å². The van der Waals surface area contributed by atoms with Crippen molar-refractivity contribution in [1.29, 1.82) is 0 Å². The van der Waals surface area contributed by atoms with Crippen molar-refractivity contribution in [3.05, 3.63) is 87.8 Å². The van der Waals surface area contributed by atoms with Gasteiger partial charge in [0.25, 0.3) is 5.91 Å². The number of carboxylic acids is 1. The average molecular weight is 660 g/mol. The number of hydrogen-bond acceptors (Lipinski definition) is 8. The van der Waals surface area contributed by atoms with E-state index >= 15 is 0 Å². The maximum atomic E-state index is 13.6. The van der Waals surface area contributed by atoms with Crippen molar-refractivity contribution in [2.45, 2.75) is 50.3 Å². The summed E-state index contributed by atoms with van der Waals surface area (Å²) in [5.41, 5.74) is 1.92. The van der Waals surface area contributed by atoms with Crippen LogP contribution in [0, 0.1) is 0 Å². The van der Waals surface area contributed by atoms with Gasteiger partial charge in [0.2, 0.25) is 11.8 Å². The van der Waals surface area contributed by atoms with Gasteiger partial charge in [0, 0.05) is 39.9 Å². The fraction of sp³-hybridized carbons (Fsp3) is 0.265. The number of ether oxygens (including phenoxy) is 1. The minimum Gasteiger partial charge on any atom is -0.478 e. The van der Waals surface area contributed by atoms with Crippen LogP contribution in [0.3, 0.4) is 0 Å². The van der Waals surface area contributed by atoms with E-state index in [0.717, 1.165) is 15.3 Å². The molecule has 2 heterocycles. The summed E-state index contributed by atoms with van der Waals surface area (Å²) in [4.78, 5) is 67.0. The number of nitrogens with one attached hydrogen (secondary N) is 2. The number of thioether (sulfide) groups is 1. The summed E-state index contributed by atoms with van der Waals surface area (Å²) < 4.78 is 5.32. The van der Waals surface area contributed by atoms with Gasteiger partial charge in [-0.05, 0) is 61.0 Å². The van der Waals surface area contributed by atoms with E-state index in [-0.39, 0.29) is 29.5 Å². The second-order valence-corrected chi connectivity index (χ2v) is 13.0. The van der Waals surface area contributed by atoms with Crippen LogP contribution in [-0.2, 0) is 27.3 Å². The zero-order chi connectivity index (χ0) is 33.0. The largest absolute Gasteiger partial charge is 0.478 e. The van der Waals surface area contributed by atoms with Gasteiger partial charge in [0.1, 0.15) is 5.00 Å². The van der Waals surface area contributed by atoms with E-state index in [1.807, 2.05) is 13.0 Å². The molecule has 10 nitrogen and oxygen atoms in total. The lowest BCUT2D eigenvalue weighted by atomic mass is 9.98. The highest BCUT2D eigenvalue weighted by molar-refractivity contribution is 8.00. The number of aromatic carboxylic acids is 1. The van der Waals surface area contributed by atoms with Gasteiger partial charge >= 0.3 is 11.9 Å². The van der Waals surface area contributed by atoms with Crippen LogP contribution in [0.2, 0.25) is 0 Å². The van der Waals surface area contributed by atoms with E-state index in [1.54, 1.807) is 60.4 Å². The lowest BCUT2D eigenvalue weighted by molar-refractivity contribution is -0.129. The van der Waals surface area contributed by atoms with Gasteiger partial charge in [-0.3, -0.25) is 14.4 Å². The van der Waals surface area contributed by atoms with Crippen molar-refractivity contribution in [3.63, 3.8) is 0 Å². The maximum Gasteiger partial charge on any atom is 0.341 e. The second-order valence-electron chi connectivity index (χ2n) is 10.6. The highest BCUT2D eigenvalue weighted by atomic mass is 32.2. The first kappa shape index (κ1) is 32.7. The van der Waals surface area contributed by atoms with E-state index in [0.29, 0.717) is 53.0 Å². The van der Waals surface area contributed by atoms with Crippen molar-refractivity contribution in [2.75, 3.05) is 23.8 Å². The average Bonchev–Trinajstić information content (AvgIpc) is 3.40. The summed E-state index contributed by atoms with van der Waals surface area (Å²) in [5, 5.41) is 16.4. The number of amides is 3. The minimum atomic E-state index is -1.12. The fourth-order valence-corrected chi connectivity index (χ4v) is 7.68. The van der Waals surface area contributed by atoms with Crippen LogP contribution in [0.1, 0.15) is 68.7 Å². The molecule has 3 amide bonds. The molecule has 1 aliphatic rings. The zero-order valence-electron chi connectivity index (χ0n) is 25.5. The molecule has 0 spiro atoms. The summed E-state index contributed by atoms with van der Waals surface area (Å²) >= 11 is 2.61. The maximum absolute atomic E-state index is 13.6. The molecule has 0 saturated carbocycles. The molecule has 0 radical (unpaired) electrons. The first-order chi connectivity index (χ1) is 22.1. The number of rotatable bonds is 10. The topological polar surface area (TPSA) is 142 Å². The van der Waals surface area contributed by atoms with E-state index < -0.39 is 23.1 Å². The summed E-state index contributed by atoms with van der Waals surface area (Å²) in [6.45, 7) is 6.18. The number of hydrogen-bond donors (Lipinski definition) is 3. The third kappa shape index (κ3) is 6.92. The SMILES string of the molecule is CCOC(=O)c1c(NC(=O)C(CC)Sc2cccc(NC(=O)c3cccc4cccc(C(=O)O)c34)c2)sc2c1CCN(C(C)=O)C2. The number of fused-ring (bicyclic) bond motifs is 2. The molecule has 238 valence electrons. The van der Waals surface area contributed by atoms with Gasteiger partial charge in [-0.25, -0.2) is 9.59 Å². The second kappa shape index (κ2) is 14.2. The third-order valence-corrected chi connectivity index (χ3v) is 10.1. The Morgan fingerprint density at radius 3 is 2.39 bits per heavy atom. The first-order valence-corrected chi connectivity index (χ1v) is 16.5. The number of carbonyl (C=O) groups excluding carboxylic acids is 4. The van der Waals surface area contributed by atoms with Crippen molar-refractivity contribution in [2.24, 2.45) is 0 Å². The molecule has 3 aromatic carbocycles. The van der Waals surface area contributed by atoms with Crippen LogP contribution in [0.15, 0.2) is 65.6 Å². The van der Waals surface area contributed by atoms with Gasteiger partial charge < -0.3 is 25.4 Å². The Bertz CT molecular complexity index is 1850. The third-order valence-electron chi connectivity index (χ3n) is 7.63. The van der Waals surface area contributed by atoms with Crippen molar-refractivity contribution in [1.82, 2.24) is 4.90 Å². The van der Waals surface area contributed by atoms with Crippen LogP contribution in [0.4, 0.5) is 10.7 Å². The molecule has 1 unspecified atom stereocenters. The van der Waals surface area contributed by atoms with Gasteiger partial charge in [0.15, 0.2) is 0 Å². The van der Waals surface area contributed by atoms with Gasteiger partial charge in [-0.15, -0.1) is 23.1 Å². The molecule has 0 fully saturated rings. The molecule has 0 bridgehead atoms. The first-order valence-electron chi connectivity index (χ1n) is 14.8. The summed E-state index contributed by atoms with van der Waals surface area (Å²) in [7, 11) is 0. The number of thiophene rings is 1. The molecule has 12 heteroatoms. The predicted molar refractivity (Wildman–Crippen MR) is 179 cm³/mol. The Morgan fingerprint density at radius 1 is 1.00 bits per heavy atom. The summed E-state index contributed by atoms with van der Waals surface area (Å²) in [6.07, 6.45) is 0.981. The quantitative estimate of drug-likeness (QED) is 0.130. The molecular formula is C34H33N3O7S2. The number of benzene rings is 3. The highest BCUT2D eigenvalue weighted by Crippen LogP contribution is 2.39. The van der Waals surface area contributed by atoms with Crippen LogP contribution in [0.5, 0.6) is 0 Å². The summed E-state index contributed by atoms with van der Waals surface area (Å²) in [5.74, 6) is -2.42. The lowest BCUT2D eigenvalue weighted by Crippen LogP contribution is -2.34. The normalized spacial score (nSPS) is 13.1. The standard InChI is InChI=1S/C34H33N3O7S2/c1-4-26(31(40)36-32-29(34(43)44-5-2)23-15-16-37(19(3)38)18-27(23)46-32)45-22-12-8-11-21(17-22)35-30(39)24-13-6-9-20-10-7-14-25(28(20)24)33(41)42/h6-14,17,26H,4-5,15-16,18H2,1-3H3,(H,35,39)(H,36,40)(H,41,42). The van der Waals surface area contributed by atoms with Gasteiger partial charge in [0.05, 0.1) is 29.5 Å². The Morgan fingerprint density at radius 2 is 1.72 bits per heavy atom. The Kier molecular flexibility index (Phi) is 10.1. The fourth-order valence-electron chi connectivity index (χ4n) is 5.41. The minimum absolute atomic E-state index is 0.0400. The van der Waals surface area contributed by atoms with Crippen LogP contribution in [0.25, 0.3) is 10.8 Å². The number of nitrogens with zero attached hydrogens (tertiary/aromatic N) is 1. The monoisotopic (exact) mass is 659 g/mol. The van der Waals surface area contributed by atoms with Crippen molar-refractivity contribution < 1.29 is 33.8 Å².